The largest absolute Gasteiger partial charge is 0.480 e. The molecular weight excluding hydrogens is 209 g/mol. The highest BCUT2D eigenvalue weighted by Crippen LogP contribution is 2.24. The van der Waals surface area contributed by atoms with Gasteiger partial charge in [0.1, 0.15) is 11.4 Å². The molecule has 0 aliphatic heterocycles. The van der Waals surface area contributed by atoms with Gasteiger partial charge in [0.2, 0.25) is 0 Å². The second-order valence-corrected chi connectivity index (χ2v) is 4.21. The van der Waals surface area contributed by atoms with Crippen LogP contribution in [-0.2, 0) is 10.3 Å². The van der Waals surface area contributed by atoms with Gasteiger partial charge in [-0.1, -0.05) is 18.2 Å². The van der Waals surface area contributed by atoms with Crippen LogP contribution in [0.2, 0.25) is 0 Å². The number of halogens is 1. The van der Waals surface area contributed by atoms with Gasteiger partial charge in [-0.2, -0.15) is 0 Å². The Labute approximate surface area is 94.3 Å². The molecule has 0 bridgehead atoms. The van der Waals surface area contributed by atoms with Crippen molar-refractivity contribution in [1.82, 2.24) is 5.32 Å². The molecule has 1 unspecified atom stereocenters. The summed E-state index contributed by atoms with van der Waals surface area (Å²) >= 11 is 0. The number of hydrogen-bond donors (Lipinski definition) is 2. The Morgan fingerprint density at radius 1 is 1.44 bits per heavy atom. The van der Waals surface area contributed by atoms with E-state index in [2.05, 4.69) is 5.32 Å². The quantitative estimate of drug-likeness (QED) is 0.825. The van der Waals surface area contributed by atoms with Crippen molar-refractivity contribution in [2.45, 2.75) is 32.4 Å². The van der Waals surface area contributed by atoms with Crippen molar-refractivity contribution in [3.8, 4) is 0 Å². The molecule has 4 heteroatoms. The zero-order chi connectivity index (χ0) is 12.3. The number of aliphatic carboxylic acids is 1. The van der Waals surface area contributed by atoms with E-state index in [1.807, 2.05) is 13.8 Å². The van der Waals surface area contributed by atoms with E-state index in [4.69, 9.17) is 0 Å². The minimum Gasteiger partial charge on any atom is -0.480 e. The van der Waals surface area contributed by atoms with Crippen molar-refractivity contribution in [2.75, 3.05) is 0 Å². The lowest BCUT2D eigenvalue weighted by molar-refractivity contribution is -0.145. The molecule has 0 aromatic heterocycles. The normalized spacial score (nSPS) is 14.8. The molecule has 1 rings (SSSR count). The van der Waals surface area contributed by atoms with Crippen molar-refractivity contribution >= 4 is 5.97 Å². The third-order valence-electron chi connectivity index (χ3n) is 2.42. The highest BCUT2D eigenvalue weighted by atomic mass is 19.1. The summed E-state index contributed by atoms with van der Waals surface area (Å²) < 4.78 is 13.6. The molecule has 0 fully saturated rings. The lowest BCUT2D eigenvalue weighted by Crippen LogP contribution is -2.50. The van der Waals surface area contributed by atoms with Crippen LogP contribution < -0.4 is 5.32 Å². The van der Waals surface area contributed by atoms with E-state index in [-0.39, 0.29) is 11.6 Å². The van der Waals surface area contributed by atoms with Gasteiger partial charge in [-0.15, -0.1) is 0 Å². The number of carboxylic acid groups (broad SMARTS) is 1. The Bertz CT molecular complexity index is 392. The minimum atomic E-state index is -1.40. The van der Waals surface area contributed by atoms with Gasteiger partial charge in [0, 0.05) is 11.6 Å². The van der Waals surface area contributed by atoms with Crippen LogP contribution in [0.15, 0.2) is 24.3 Å². The number of rotatable bonds is 4. The molecule has 0 aliphatic rings. The first-order valence-corrected chi connectivity index (χ1v) is 5.14. The van der Waals surface area contributed by atoms with Crippen molar-refractivity contribution in [3.05, 3.63) is 35.6 Å². The molecule has 0 amide bonds. The Morgan fingerprint density at radius 3 is 2.44 bits per heavy atom. The van der Waals surface area contributed by atoms with Crippen LogP contribution in [0.25, 0.3) is 0 Å². The number of benzene rings is 1. The van der Waals surface area contributed by atoms with Gasteiger partial charge in [-0.05, 0) is 26.8 Å². The second kappa shape index (κ2) is 4.61. The molecule has 0 aliphatic carbocycles. The summed E-state index contributed by atoms with van der Waals surface area (Å²) in [5.41, 5.74) is -1.25. The number of carbonyl (C=O) groups is 1. The summed E-state index contributed by atoms with van der Waals surface area (Å²) in [5, 5.41) is 12.1. The van der Waals surface area contributed by atoms with E-state index in [1.54, 1.807) is 6.07 Å². The zero-order valence-corrected chi connectivity index (χ0v) is 9.62. The third kappa shape index (κ3) is 2.39. The lowest BCUT2D eigenvalue weighted by atomic mass is 9.91. The summed E-state index contributed by atoms with van der Waals surface area (Å²) in [6.45, 7) is 5.11. The summed E-state index contributed by atoms with van der Waals surface area (Å²) in [7, 11) is 0. The molecule has 0 heterocycles. The standard InChI is InChI=1S/C12H16FNO2/c1-8(2)14-12(3,11(15)16)9-6-4-5-7-10(9)13/h4-8,14H,1-3H3,(H,15,16). The van der Waals surface area contributed by atoms with E-state index < -0.39 is 17.3 Å². The maximum atomic E-state index is 13.6. The molecule has 2 N–H and O–H groups in total. The highest BCUT2D eigenvalue weighted by molar-refractivity contribution is 5.80. The maximum Gasteiger partial charge on any atom is 0.328 e. The van der Waals surface area contributed by atoms with E-state index in [1.165, 1.54) is 25.1 Å². The van der Waals surface area contributed by atoms with Gasteiger partial charge >= 0.3 is 5.97 Å². The molecule has 0 saturated heterocycles. The predicted molar refractivity (Wildman–Crippen MR) is 59.7 cm³/mol. The Balaban J connectivity index is 3.22. The maximum absolute atomic E-state index is 13.6. The van der Waals surface area contributed by atoms with Crippen LogP contribution in [0.4, 0.5) is 4.39 Å². The van der Waals surface area contributed by atoms with Crippen molar-refractivity contribution in [2.24, 2.45) is 0 Å². The summed E-state index contributed by atoms with van der Waals surface area (Å²) in [6.07, 6.45) is 0. The van der Waals surface area contributed by atoms with Crippen LogP contribution in [0, 0.1) is 5.82 Å². The Morgan fingerprint density at radius 2 is 2.00 bits per heavy atom. The molecular formula is C12H16FNO2. The number of nitrogens with one attached hydrogen (secondary N) is 1. The van der Waals surface area contributed by atoms with E-state index in [0.29, 0.717) is 0 Å². The summed E-state index contributed by atoms with van der Waals surface area (Å²) in [5.74, 6) is -1.60. The first kappa shape index (κ1) is 12.6. The van der Waals surface area contributed by atoms with Crippen LogP contribution in [-0.4, -0.2) is 17.1 Å². The summed E-state index contributed by atoms with van der Waals surface area (Å²) in [4.78, 5) is 11.3. The number of hydrogen-bond acceptors (Lipinski definition) is 2. The van der Waals surface area contributed by atoms with Gasteiger partial charge in [0.25, 0.3) is 0 Å². The zero-order valence-electron chi connectivity index (χ0n) is 9.62. The molecule has 16 heavy (non-hydrogen) atoms. The average Bonchev–Trinajstić information content (AvgIpc) is 2.16. The van der Waals surface area contributed by atoms with Gasteiger partial charge in [0.15, 0.2) is 0 Å². The Kier molecular flexibility index (Phi) is 3.65. The molecule has 1 aromatic carbocycles. The predicted octanol–water partition coefficient (Wildman–Crippen LogP) is 2.12. The minimum absolute atomic E-state index is 0.0549. The number of carboxylic acids is 1. The molecule has 3 nitrogen and oxygen atoms in total. The lowest BCUT2D eigenvalue weighted by Gasteiger charge is -2.29. The molecule has 1 aromatic rings. The van der Waals surface area contributed by atoms with E-state index >= 15 is 0 Å². The van der Waals surface area contributed by atoms with Crippen molar-refractivity contribution in [3.63, 3.8) is 0 Å². The van der Waals surface area contributed by atoms with Gasteiger partial charge in [-0.3, -0.25) is 5.32 Å². The fourth-order valence-electron chi connectivity index (χ4n) is 1.70. The van der Waals surface area contributed by atoms with Crippen molar-refractivity contribution in [1.29, 1.82) is 0 Å². The molecule has 0 spiro atoms. The van der Waals surface area contributed by atoms with Crippen LogP contribution in [0.3, 0.4) is 0 Å². The molecule has 88 valence electrons. The SMILES string of the molecule is CC(C)NC(C)(C(=O)O)c1ccccc1F. The summed E-state index contributed by atoms with van der Waals surface area (Å²) in [6, 6.07) is 5.86. The smallest absolute Gasteiger partial charge is 0.328 e. The highest BCUT2D eigenvalue weighted by Gasteiger charge is 2.37. The van der Waals surface area contributed by atoms with Crippen LogP contribution in [0.1, 0.15) is 26.3 Å². The first-order chi connectivity index (χ1) is 7.38. The molecule has 0 saturated carbocycles. The average molecular weight is 225 g/mol. The molecule has 0 radical (unpaired) electrons. The second-order valence-electron chi connectivity index (χ2n) is 4.21. The van der Waals surface area contributed by atoms with Gasteiger partial charge in [0.05, 0.1) is 0 Å². The third-order valence-corrected chi connectivity index (χ3v) is 2.42. The van der Waals surface area contributed by atoms with Crippen LogP contribution in [0.5, 0.6) is 0 Å². The fourth-order valence-corrected chi connectivity index (χ4v) is 1.70. The van der Waals surface area contributed by atoms with Gasteiger partial charge in [-0.25, -0.2) is 9.18 Å². The van der Waals surface area contributed by atoms with Gasteiger partial charge < -0.3 is 5.11 Å². The van der Waals surface area contributed by atoms with Crippen LogP contribution >= 0.6 is 0 Å². The molecule has 1 atom stereocenters. The van der Waals surface area contributed by atoms with Crippen molar-refractivity contribution < 1.29 is 14.3 Å². The first-order valence-electron chi connectivity index (χ1n) is 5.14. The Hall–Kier alpha value is -1.42. The topological polar surface area (TPSA) is 49.3 Å². The van der Waals surface area contributed by atoms with E-state index in [0.717, 1.165) is 0 Å². The monoisotopic (exact) mass is 225 g/mol. The fraction of sp³-hybridized carbons (Fsp3) is 0.417. The van der Waals surface area contributed by atoms with E-state index in [9.17, 15) is 14.3 Å².